The lowest BCUT2D eigenvalue weighted by atomic mass is 9.80. The van der Waals surface area contributed by atoms with E-state index >= 15 is 0 Å². The highest BCUT2D eigenvalue weighted by atomic mass is 16.5. The van der Waals surface area contributed by atoms with Crippen molar-refractivity contribution in [3.63, 3.8) is 0 Å². The predicted molar refractivity (Wildman–Crippen MR) is 63.7 cm³/mol. The van der Waals surface area contributed by atoms with Gasteiger partial charge in [0.1, 0.15) is 5.75 Å². The van der Waals surface area contributed by atoms with Crippen molar-refractivity contribution >= 4 is 5.97 Å². The van der Waals surface area contributed by atoms with Gasteiger partial charge in [-0.1, -0.05) is 6.07 Å². The number of fused-ring (bicyclic) bond motifs is 1. The lowest BCUT2D eigenvalue weighted by Crippen LogP contribution is -2.33. The molecule has 2 unspecified atom stereocenters. The molecule has 0 aromatic heterocycles. The Morgan fingerprint density at radius 1 is 1.41 bits per heavy atom. The van der Waals surface area contributed by atoms with Crippen LogP contribution in [0.15, 0.2) is 18.2 Å². The molecule has 0 radical (unpaired) electrons. The van der Waals surface area contributed by atoms with Gasteiger partial charge in [-0.2, -0.15) is 0 Å². The van der Waals surface area contributed by atoms with E-state index in [9.17, 15) is 4.79 Å². The molecule has 2 atom stereocenters. The van der Waals surface area contributed by atoms with Gasteiger partial charge >= 0.3 is 5.97 Å². The van der Waals surface area contributed by atoms with Crippen LogP contribution in [0.1, 0.15) is 23.6 Å². The van der Waals surface area contributed by atoms with E-state index in [1.165, 1.54) is 7.11 Å². The van der Waals surface area contributed by atoms with Gasteiger partial charge in [0.15, 0.2) is 0 Å². The van der Waals surface area contributed by atoms with E-state index in [4.69, 9.17) is 15.2 Å². The maximum Gasteiger partial charge on any atom is 0.310 e. The van der Waals surface area contributed by atoms with E-state index in [0.717, 1.165) is 29.7 Å². The minimum atomic E-state index is -0.280. The van der Waals surface area contributed by atoms with E-state index in [-0.39, 0.29) is 17.9 Å². The van der Waals surface area contributed by atoms with Crippen molar-refractivity contribution in [3.05, 3.63) is 29.3 Å². The molecule has 0 saturated carbocycles. The number of rotatable bonds is 2. The van der Waals surface area contributed by atoms with Gasteiger partial charge in [-0.15, -0.1) is 0 Å². The smallest absolute Gasteiger partial charge is 0.310 e. The molecule has 0 fully saturated rings. The first kappa shape index (κ1) is 11.9. The third kappa shape index (κ3) is 2.13. The molecule has 0 amide bonds. The number of ether oxygens (including phenoxy) is 2. The van der Waals surface area contributed by atoms with Crippen LogP contribution in [-0.2, 0) is 16.0 Å². The van der Waals surface area contributed by atoms with Crippen molar-refractivity contribution in [2.45, 2.75) is 18.9 Å². The van der Waals surface area contributed by atoms with E-state index in [1.807, 2.05) is 18.2 Å². The predicted octanol–water partition coefficient (Wildman–Crippen LogP) is 1.43. The Hall–Kier alpha value is -1.55. The fourth-order valence-electron chi connectivity index (χ4n) is 2.37. The van der Waals surface area contributed by atoms with Crippen molar-refractivity contribution in [2.75, 3.05) is 14.2 Å². The maximum atomic E-state index is 11.6. The Labute approximate surface area is 101 Å². The number of methoxy groups -OCH3 is 2. The molecule has 1 aromatic carbocycles. The second kappa shape index (κ2) is 4.75. The number of hydrogen-bond acceptors (Lipinski definition) is 4. The fourth-order valence-corrected chi connectivity index (χ4v) is 2.37. The molecule has 92 valence electrons. The molecule has 17 heavy (non-hydrogen) atoms. The summed E-state index contributed by atoms with van der Waals surface area (Å²) in [5.74, 6) is 0.368. The quantitative estimate of drug-likeness (QED) is 0.788. The zero-order chi connectivity index (χ0) is 12.4. The SMILES string of the molecule is COC(=O)C1CCc2cc(OC)ccc2C1N. The third-order valence-corrected chi connectivity index (χ3v) is 3.37. The maximum absolute atomic E-state index is 11.6. The van der Waals surface area contributed by atoms with E-state index in [0.29, 0.717) is 0 Å². The second-order valence-electron chi connectivity index (χ2n) is 4.26. The van der Waals surface area contributed by atoms with Crippen molar-refractivity contribution in [1.82, 2.24) is 0 Å². The normalized spacial score (nSPS) is 22.8. The van der Waals surface area contributed by atoms with Crippen LogP contribution in [0.5, 0.6) is 5.75 Å². The first-order valence-electron chi connectivity index (χ1n) is 5.67. The largest absolute Gasteiger partial charge is 0.497 e. The van der Waals surface area contributed by atoms with Crippen LogP contribution in [0.3, 0.4) is 0 Å². The fraction of sp³-hybridized carbons (Fsp3) is 0.462. The van der Waals surface area contributed by atoms with Crippen molar-refractivity contribution in [2.24, 2.45) is 11.7 Å². The van der Waals surface area contributed by atoms with Crippen molar-refractivity contribution in [1.29, 1.82) is 0 Å². The summed E-state index contributed by atoms with van der Waals surface area (Å²) < 4.78 is 9.95. The summed E-state index contributed by atoms with van der Waals surface area (Å²) in [5, 5.41) is 0. The lowest BCUT2D eigenvalue weighted by molar-refractivity contribution is -0.146. The molecule has 1 aromatic rings. The van der Waals surface area contributed by atoms with Crippen LogP contribution in [-0.4, -0.2) is 20.2 Å². The van der Waals surface area contributed by atoms with Gasteiger partial charge in [-0.25, -0.2) is 0 Å². The molecule has 4 nitrogen and oxygen atoms in total. The monoisotopic (exact) mass is 235 g/mol. The number of carbonyl (C=O) groups excluding carboxylic acids is 1. The first-order chi connectivity index (χ1) is 8.17. The molecule has 0 spiro atoms. The average Bonchev–Trinajstić information content (AvgIpc) is 2.38. The molecule has 0 bridgehead atoms. The van der Waals surface area contributed by atoms with Crippen LogP contribution in [0, 0.1) is 5.92 Å². The molecule has 1 aliphatic rings. The average molecular weight is 235 g/mol. The highest BCUT2D eigenvalue weighted by Crippen LogP contribution is 2.35. The van der Waals surface area contributed by atoms with E-state index in [2.05, 4.69) is 0 Å². The Morgan fingerprint density at radius 3 is 2.82 bits per heavy atom. The standard InChI is InChI=1S/C13H17NO3/c1-16-9-4-6-10-8(7-9)3-5-11(12(10)14)13(15)17-2/h4,6-7,11-12H,3,5,14H2,1-2H3. The topological polar surface area (TPSA) is 61.5 Å². The number of esters is 1. The molecule has 1 aliphatic carbocycles. The lowest BCUT2D eigenvalue weighted by Gasteiger charge is -2.29. The Bertz CT molecular complexity index is 431. The molecule has 2 N–H and O–H groups in total. The summed E-state index contributed by atoms with van der Waals surface area (Å²) >= 11 is 0. The Balaban J connectivity index is 2.30. The molecule has 0 saturated heterocycles. The highest BCUT2D eigenvalue weighted by molar-refractivity contribution is 5.74. The summed E-state index contributed by atoms with van der Waals surface area (Å²) in [4.78, 5) is 11.6. The molecule has 4 heteroatoms. The van der Waals surface area contributed by atoms with Crippen LogP contribution >= 0.6 is 0 Å². The van der Waals surface area contributed by atoms with Crippen LogP contribution in [0.4, 0.5) is 0 Å². The summed E-state index contributed by atoms with van der Waals surface area (Å²) in [6.07, 6.45) is 1.56. The van der Waals surface area contributed by atoms with Crippen LogP contribution < -0.4 is 10.5 Å². The van der Waals surface area contributed by atoms with E-state index < -0.39 is 0 Å². The minimum Gasteiger partial charge on any atom is -0.497 e. The number of hydrogen-bond donors (Lipinski definition) is 1. The highest BCUT2D eigenvalue weighted by Gasteiger charge is 2.32. The van der Waals surface area contributed by atoms with Crippen LogP contribution in [0.2, 0.25) is 0 Å². The number of aryl methyl sites for hydroxylation is 1. The minimum absolute atomic E-state index is 0.223. The molecular formula is C13H17NO3. The van der Waals surface area contributed by atoms with Gasteiger partial charge in [0.2, 0.25) is 0 Å². The summed E-state index contributed by atoms with van der Waals surface area (Å²) in [6, 6.07) is 5.52. The van der Waals surface area contributed by atoms with Crippen molar-refractivity contribution < 1.29 is 14.3 Å². The van der Waals surface area contributed by atoms with Crippen LogP contribution in [0.25, 0.3) is 0 Å². The number of nitrogens with two attached hydrogens (primary N) is 1. The number of benzene rings is 1. The molecule has 0 heterocycles. The zero-order valence-corrected chi connectivity index (χ0v) is 10.1. The molecule has 0 aliphatic heterocycles. The van der Waals surface area contributed by atoms with Gasteiger partial charge in [0.25, 0.3) is 0 Å². The number of carbonyl (C=O) groups is 1. The van der Waals surface area contributed by atoms with E-state index in [1.54, 1.807) is 7.11 Å². The second-order valence-corrected chi connectivity index (χ2v) is 4.26. The summed E-state index contributed by atoms with van der Waals surface area (Å²) in [5.41, 5.74) is 8.30. The summed E-state index contributed by atoms with van der Waals surface area (Å²) in [6.45, 7) is 0. The van der Waals surface area contributed by atoms with Gasteiger partial charge in [-0.05, 0) is 36.1 Å². The van der Waals surface area contributed by atoms with Gasteiger partial charge in [-0.3, -0.25) is 4.79 Å². The van der Waals surface area contributed by atoms with Gasteiger partial charge < -0.3 is 15.2 Å². The third-order valence-electron chi connectivity index (χ3n) is 3.37. The molecule has 2 rings (SSSR count). The van der Waals surface area contributed by atoms with Gasteiger partial charge in [0, 0.05) is 6.04 Å². The molecular weight excluding hydrogens is 218 g/mol. The Kier molecular flexibility index (Phi) is 3.33. The zero-order valence-electron chi connectivity index (χ0n) is 10.1. The summed E-state index contributed by atoms with van der Waals surface area (Å²) in [7, 11) is 3.04. The first-order valence-corrected chi connectivity index (χ1v) is 5.67. The van der Waals surface area contributed by atoms with Gasteiger partial charge in [0.05, 0.1) is 20.1 Å². The van der Waals surface area contributed by atoms with Crippen molar-refractivity contribution in [3.8, 4) is 5.75 Å². The Morgan fingerprint density at radius 2 is 2.18 bits per heavy atom.